The third-order valence-electron chi connectivity index (χ3n) is 5.01. The van der Waals surface area contributed by atoms with E-state index in [9.17, 15) is 14.4 Å². The summed E-state index contributed by atoms with van der Waals surface area (Å²) in [6.07, 6.45) is 2.16. The van der Waals surface area contributed by atoms with E-state index in [2.05, 4.69) is 6.92 Å². The van der Waals surface area contributed by atoms with Gasteiger partial charge in [-0.3, -0.25) is 18.7 Å². The molecule has 24 heavy (non-hydrogen) atoms. The predicted octanol–water partition coefficient (Wildman–Crippen LogP) is 4.28. The molecule has 0 radical (unpaired) electrons. The monoisotopic (exact) mass is 370 g/mol. The molecular formula is C17H34N2O3Si2. The number of nitrogens with zero attached hydrogens (tertiary/aromatic N) is 2. The van der Waals surface area contributed by atoms with E-state index in [0.29, 0.717) is 6.42 Å². The third-order valence-corrected chi connectivity index (χ3v) is 8.49. The Labute approximate surface area is 148 Å². The van der Waals surface area contributed by atoms with Crippen LogP contribution in [0.3, 0.4) is 0 Å². The number of amides is 4. The summed E-state index contributed by atoms with van der Waals surface area (Å²) in [5.41, 5.74) is -1.09. The quantitative estimate of drug-likeness (QED) is 0.518. The van der Waals surface area contributed by atoms with Gasteiger partial charge >= 0.3 is 6.03 Å². The zero-order valence-corrected chi connectivity index (χ0v) is 18.8. The molecule has 0 spiro atoms. The Balaban J connectivity index is 3.66. The fourth-order valence-corrected chi connectivity index (χ4v) is 6.76. The molecule has 1 atom stereocenters. The van der Waals surface area contributed by atoms with Gasteiger partial charge in [0, 0.05) is 0 Å². The summed E-state index contributed by atoms with van der Waals surface area (Å²) in [7, 11) is -4.49. The van der Waals surface area contributed by atoms with E-state index >= 15 is 0 Å². The molecule has 1 saturated heterocycles. The normalized spacial score (nSPS) is 20.6. The third kappa shape index (κ3) is 3.24. The van der Waals surface area contributed by atoms with Gasteiger partial charge in [-0.2, -0.15) is 0 Å². The molecule has 1 unspecified atom stereocenters. The van der Waals surface area contributed by atoms with Gasteiger partial charge in [0.2, 0.25) is 11.8 Å². The second-order valence-electron chi connectivity index (χ2n) is 8.92. The molecule has 0 N–H and O–H groups in total. The highest BCUT2D eigenvalue weighted by Crippen LogP contribution is 2.44. The zero-order valence-electron chi connectivity index (χ0n) is 16.8. The predicted molar refractivity (Wildman–Crippen MR) is 103 cm³/mol. The van der Waals surface area contributed by atoms with Gasteiger partial charge in [-0.25, -0.2) is 4.79 Å². The van der Waals surface area contributed by atoms with Crippen LogP contribution < -0.4 is 0 Å². The minimum atomic E-state index is -2.24. The Hall–Kier alpha value is -0.956. The molecule has 138 valence electrons. The standard InChI is InChI=1S/C17H34N2O3Si2/c1-10-12-13(3)17(11-2)14(20)18(23(4,5)6)16(22)19(15(17)21)24(7,8)9/h13H,10-12H2,1-9H3. The van der Waals surface area contributed by atoms with Crippen LogP contribution in [0.15, 0.2) is 0 Å². The van der Waals surface area contributed by atoms with E-state index in [0.717, 1.165) is 12.8 Å². The lowest BCUT2D eigenvalue weighted by atomic mass is 9.70. The van der Waals surface area contributed by atoms with Crippen LogP contribution in [0.1, 0.15) is 40.0 Å². The summed E-state index contributed by atoms with van der Waals surface area (Å²) in [5.74, 6) is -0.581. The number of carbonyl (C=O) groups is 3. The lowest BCUT2D eigenvalue weighted by molar-refractivity contribution is -0.157. The van der Waals surface area contributed by atoms with Crippen molar-refractivity contribution in [3.05, 3.63) is 0 Å². The molecule has 1 aliphatic heterocycles. The van der Waals surface area contributed by atoms with Gasteiger partial charge in [-0.05, 0) is 18.8 Å². The van der Waals surface area contributed by atoms with Gasteiger partial charge in [0.05, 0.1) is 0 Å². The molecule has 1 aliphatic rings. The van der Waals surface area contributed by atoms with Crippen molar-refractivity contribution in [2.45, 2.75) is 79.3 Å². The van der Waals surface area contributed by atoms with Crippen molar-refractivity contribution >= 4 is 34.3 Å². The first-order valence-corrected chi connectivity index (χ1v) is 15.9. The Morgan fingerprint density at radius 2 is 1.25 bits per heavy atom. The first kappa shape index (κ1) is 21.1. The topological polar surface area (TPSA) is 57.7 Å². The SMILES string of the molecule is CCCC(C)C1(CC)C(=O)N([Si](C)(C)C)C(=O)N([Si](C)(C)C)C1=O. The van der Waals surface area contributed by atoms with Crippen LogP contribution in [-0.4, -0.2) is 43.4 Å². The van der Waals surface area contributed by atoms with Crippen LogP contribution in [0.2, 0.25) is 39.3 Å². The van der Waals surface area contributed by atoms with E-state index in [4.69, 9.17) is 0 Å². The average molecular weight is 371 g/mol. The summed E-state index contributed by atoms with van der Waals surface area (Å²) in [6.45, 7) is 17.9. The minimum absolute atomic E-state index is 0.0710. The van der Waals surface area contributed by atoms with Crippen molar-refractivity contribution in [2.75, 3.05) is 0 Å². The number of hydrogen-bond acceptors (Lipinski definition) is 3. The zero-order chi connectivity index (χ0) is 19.1. The van der Waals surface area contributed by atoms with Crippen LogP contribution in [-0.2, 0) is 9.59 Å². The molecule has 0 aromatic rings. The van der Waals surface area contributed by atoms with Gasteiger partial charge < -0.3 is 0 Å². The number of carbonyl (C=O) groups excluding carboxylic acids is 3. The van der Waals surface area contributed by atoms with Crippen LogP contribution in [0.4, 0.5) is 4.79 Å². The van der Waals surface area contributed by atoms with Crippen molar-refractivity contribution < 1.29 is 14.4 Å². The van der Waals surface area contributed by atoms with E-state index in [-0.39, 0.29) is 23.8 Å². The average Bonchev–Trinajstić information content (AvgIpc) is 2.36. The molecule has 1 heterocycles. The highest BCUT2D eigenvalue weighted by atomic mass is 28.3. The highest BCUT2D eigenvalue weighted by Gasteiger charge is 2.62. The minimum Gasteiger partial charge on any atom is -0.294 e. The van der Waals surface area contributed by atoms with Crippen LogP contribution in [0.5, 0.6) is 0 Å². The first-order valence-electron chi connectivity index (χ1n) is 9.00. The molecule has 0 aromatic heterocycles. The van der Waals surface area contributed by atoms with Gasteiger partial charge in [-0.1, -0.05) is 66.5 Å². The first-order chi connectivity index (χ1) is 10.8. The lowest BCUT2D eigenvalue weighted by Crippen LogP contribution is -2.75. The largest absolute Gasteiger partial charge is 0.317 e. The van der Waals surface area contributed by atoms with Crippen LogP contribution >= 0.6 is 0 Å². The molecule has 4 amide bonds. The Morgan fingerprint density at radius 3 is 1.50 bits per heavy atom. The van der Waals surface area contributed by atoms with E-state index in [1.165, 1.54) is 9.13 Å². The Bertz CT molecular complexity index is 499. The number of rotatable bonds is 6. The smallest absolute Gasteiger partial charge is 0.294 e. The second kappa shape index (κ2) is 6.74. The van der Waals surface area contributed by atoms with Crippen molar-refractivity contribution in [3.63, 3.8) is 0 Å². The van der Waals surface area contributed by atoms with Crippen molar-refractivity contribution in [1.82, 2.24) is 9.13 Å². The van der Waals surface area contributed by atoms with Gasteiger partial charge in [0.15, 0.2) is 16.5 Å². The second-order valence-corrected chi connectivity index (χ2v) is 18.5. The van der Waals surface area contributed by atoms with E-state index in [1.54, 1.807) is 0 Å². The number of barbiturate groups is 1. The Morgan fingerprint density at radius 1 is 0.875 bits per heavy atom. The lowest BCUT2D eigenvalue weighted by Gasteiger charge is -2.53. The molecule has 5 nitrogen and oxygen atoms in total. The molecule has 0 saturated carbocycles. The van der Waals surface area contributed by atoms with Crippen molar-refractivity contribution in [2.24, 2.45) is 11.3 Å². The summed E-state index contributed by atoms with van der Waals surface area (Å²) < 4.78 is 2.95. The fraction of sp³-hybridized carbons (Fsp3) is 0.824. The van der Waals surface area contributed by atoms with Gasteiger partial charge in [0.25, 0.3) is 0 Å². The summed E-state index contributed by atoms with van der Waals surface area (Å²) >= 11 is 0. The molecule has 7 heteroatoms. The number of hydrogen-bond donors (Lipinski definition) is 0. The van der Waals surface area contributed by atoms with E-state index in [1.807, 2.05) is 53.1 Å². The number of urea groups is 1. The van der Waals surface area contributed by atoms with Crippen LogP contribution in [0, 0.1) is 11.3 Å². The maximum Gasteiger partial charge on any atom is 0.317 e. The van der Waals surface area contributed by atoms with Gasteiger partial charge in [-0.15, -0.1) is 0 Å². The molecule has 1 rings (SSSR count). The molecular weight excluding hydrogens is 336 g/mol. The summed E-state index contributed by atoms with van der Waals surface area (Å²) in [4.78, 5) is 40.0. The molecule has 0 aromatic carbocycles. The Kier molecular flexibility index (Phi) is 5.93. The van der Waals surface area contributed by atoms with E-state index < -0.39 is 21.9 Å². The summed E-state index contributed by atoms with van der Waals surface area (Å²) in [5, 5.41) is 0. The maximum absolute atomic E-state index is 13.4. The maximum atomic E-state index is 13.4. The fourth-order valence-electron chi connectivity index (χ4n) is 3.70. The van der Waals surface area contributed by atoms with Gasteiger partial charge in [0.1, 0.15) is 5.41 Å². The molecule has 1 fully saturated rings. The summed E-state index contributed by atoms with van der Waals surface area (Å²) in [6, 6.07) is -0.379. The highest BCUT2D eigenvalue weighted by molar-refractivity contribution is 6.82. The van der Waals surface area contributed by atoms with Crippen molar-refractivity contribution in [3.8, 4) is 0 Å². The number of imide groups is 2. The van der Waals surface area contributed by atoms with Crippen molar-refractivity contribution in [1.29, 1.82) is 0 Å². The molecule has 0 bridgehead atoms. The van der Waals surface area contributed by atoms with Crippen LogP contribution in [0.25, 0.3) is 0 Å². The molecule has 0 aliphatic carbocycles.